The minimum absolute atomic E-state index is 0.100. The van der Waals surface area contributed by atoms with Gasteiger partial charge in [-0.2, -0.15) is 0 Å². The van der Waals surface area contributed by atoms with Gasteiger partial charge in [-0.1, -0.05) is 72.3 Å². The lowest BCUT2D eigenvalue weighted by Crippen LogP contribution is -2.17. The minimum atomic E-state index is -0.562. The second-order valence-electron chi connectivity index (χ2n) is 6.76. The molecular formula is C22H20ClN3O2. The van der Waals surface area contributed by atoms with Gasteiger partial charge in [0.05, 0.1) is 13.2 Å². The molecule has 1 aromatic heterocycles. The predicted octanol–water partition coefficient (Wildman–Crippen LogP) is 5.00. The highest BCUT2D eigenvalue weighted by molar-refractivity contribution is 6.35. The number of halogens is 1. The molecule has 4 rings (SSSR count). The van der Waals surface area contributed by atoms with E-state index in [0.717, 1.165) is 24.0 Å². The third-order valence-corrected chi connectivity index (χ3v) is 5.09. The van der Waals surface area contributed by atoms with Crippen LogP contribution in [0.1, 0.15) is 52.2 Å². The average Bonchev–Trinajstić information content (AvgIpc) is 3.59. The van der Waals surface area contributed by atoms with Crippen LogP contribution in [-0.4, -0.2) is 23.0 Å². The van der Waals surface area contributed by atoms with Crippen LogP contribution in [0.2, 0.25) is 5.02 Å². The van der Waals surface area contributed by atoms with E-state index in [2.05, 4.69) is 15.3 Å². The summed E-state index contributed by atoms with van der Waals surface area (Å²) in [6.45, 7) is 0. The Bertz CT molecular complexity index is 936. The molecular weight excluding hydrogens is 374 g/mol. The predicted molar refractivity (Wildman–Crippen MR) is 109 cm³/mol. The fourth-order valence-electron chi connectivity index (χ4n) is 3.10. The number of carbonyl (C=O) groups excluding carboxylic acids is 1. The smallest absolute Gasteiger partial charge is 0.358 e. The van der Waals surface area contributed by atoms with Crippen LogP contribution in [-0.2, 0) is 4.74 Å². The lowest BCUT2D eigenvalue weighted by Gasteiger charge is -2.22. The van der Waals surface area contributed by atoms with Crippen molar-refractivity contribution in [2.24, 2.45) is 0 Å². The largest absolute Gasteiger partial charge is 0.464 e. The number of nitrogens with one attached hydrogen (secondary N) is 1. The monoisotopic (exact) mass is 393 g/mol. The highest BCUT2D eigenvalue weighted by Gasteiger charge is 2.31. The van der Waals surface area contributed by atoms with Crippen molar-refractivity contribution < 1.29 is 9.53 Å². The molecule has 3 aromatic rings. The number of benzene rings is 2. The van der Waals surface area contributed by atoms with Crippen molar-refractivity contribution in [1.29, 1.82) is 0 Å². The third kappa shape index (κ3) is 3.85. The summed E-state index contributed by atoms with van der Waals surface area (Å²) in [5.41, 5.74) is 2.23. The van der Waals surface area contributed by atoms with Gasteiger partial charge < -0.3 is 10.1 Å². The van der Waals surface area contributed by atoms with Crippen molar-refractivity contribution in [3.05, 3.63) is 88.3 Å². The molecule has 1 saturated carbocycles. The molecule has 1 heterocycles. The summed E-state index contributed by atoms with van der Waals surface area (Å²) < 4.78 is 4.86. The maximum atomic E-state index is 12.2. The normalized spacial score (nSPS) is 13.4. The maximum Gasteiger partial charge on any atom is 0.358 e. The zero-order valence-electron chi connectivity index (χ0n) is 15.4. The fourth-order valence-corrected chi connectivity index (χ4v) is 3.32. The van der Waals surface area contributed by atoms with Crippen molar-refractivity contribution in [2.45, 2.75) is 24.8 Å². The van der Waals surface area contributed by atoms with Crippen molar-refractivity contribution in [2.75, 3.05) is 12.4 Å². The van der Waals surface area contributed by atoms with E-state index in [4.69, 9.17) is 16.3 Å². The van der Waals surface area contributed by atoms with E-state index in [0.29, 0.717) is 11.6 Å². The molecule has 0 aliphatic heterocycles. The average molecular weight is 394 g/mol. The molecule has 0 bridgehead atoms. The highest BCUT2D eigenvalue weighted by Crippen LogP contribution is 2.40. The first kappa shape index (κ1) is 18.4. The van der Waals surface area contributed by atoms with Crippen LogP contribution in [0, 0.1) is 0 Å². The number of carbonyl (C=O) groups is 1. The molecule has 6 heteroatoms. The van der Waals surface area contributed by atoms with Gasteiger partial charge in [0.2, 0.25) is 0 Å². The molecule has 2 aromatic carbocycles. The van der Waals surface area contributed by atoms with E-state index in [1.54, 1.807) is 0 Å². The molecule has 0 atom stereocenters. The number of ether oxygens (including phenoxy) is 1. The molecule has 0 amide bonds. The Morgan fingerprint density at radius 3 is 2.11 bits per heavy atom. The molecule has 0 spiro atoms. The van der Waals surface area contributed by atoms with E-state index >= 15 is 0 Å². The van der Waals surface area contributed by atoms with E-state index in [-0.39, 0.29) is 22.7 Å². The van der Waals surface area contributed by atoms with E-state index < -0.39 is 5.97 Å². The van der Waals surface area contributed by atoms with Crippen molar-refractivity contribution >= 4 is 23.4 Å². The third-order valence-electron chi connectivity index (χ3n) is 4.74. The van der Waals surface area contributed by atoms with Gasteiger partial charge in [0, 0.05) is 5.92 Å². The number of hydrogen-bond donors (Lipinski definition) is 1. The SMILES string of the molecule is COC(=O)c1nc(C2CC2)nc(NC(c2ccccc2)c2ccccc2)c1Cl. The van der Waals surface area contributed by atoms with Crippen molar-refractivity contribution in [3.63, 3.8) is 0 Å². The van der Waals surface area contributed by atoms with Crippen LogP contribution in [0.5, 0.6) is 0 Å². The minimum Gasteiger partial charge on any atom is -0.464 e. The number of aromatic nitrogens is 2. The van der Waals surface area contributed by atoms with Crippen LogP contribution in [0.3, 0.4) is 0 Å². The molecule has 1 aliphatic carbocycles. The lowest BCUT2D eigenvalue weighted by atomic mass is 9.99. The lowest BCUT2D eigenvalue weighted by molar-refractivity contribution is 0.0593. The zero-order valence-corrected chi connectivity index (χ0v) is 16.2. The number of methoxy groups -OCH3 is 1. The molecule has 5 nitrogen and oxygen atoms in total. The van der Waals surface area contributed by atoms with Gasteiger partial charge in [-0.15, -0.1) is 0 Å². The first-order chi connectivity index (χ1) is 13.7. The second-order valence-corrected chi connectivity index (χ2v) is 7.14. The number of rotatable bonds is 6. The van der Waals surface area contributed by atoms with Crippen LogP contribution in [0.15, 0.2) is 60.7 Å². The molecule has 0 radical (unpaired) electrons. The summed E-state index contributed by atoms with van der Waals surface area (Å²) in [6, 6.07) is 19.9. The van der Waals surface area contributed by atoms with Gasteiger partial charge in [-0.05, 0) is 24.0 Å². The van der Waals surface area contributed by atoms with Gasteiger partial charge in [0.1, 0.15) is 16.7 Å². The van der Waals surface area contributed by atoms with Crippen LogP contribution in [0.25, 0.3) is 0 Å². The van der Waals surface area contributed by atoms with Crippen LogP contribution in [0.4, 0.5) is 5.82 Å². The summed E-state index contributed by atoms with van der Waals surface area (Å²) in [5.74, 6) is 0.783. The number of anilines is 1. The zero-order chi connectivity index (χ0) is 19.5. The molecule has 28 heavy (non-hydrogen) atoms. The fraction of sp³-hybridized carbons (Fsp3) is 0.227. The van der Waals surface area contributed by atoms with Crippen molar-refractivity contribution in [3.8, 4) is 0 Å². The van der Waals surface area contributed by atoms with Gasteiger partial charge in [-0.25, -0.2) is 14.8 Å². The van der Waals surface area contributed by atoms with E-state index in [1.807, 2.05) is 60.7 Å². The van der Waals surface area contributed by atoms with E-state index in [9.17, 15) is 4.79 Å². The van der Waals surface area contributed by atoms with Crippen LogP contribution < -0.4 is 5.32 Å². The molecule has 0 unspecified atom stereocenters. The summed E-state index contributed by atoms with van der Waals surface area (Å²) in [6.07, 6.45) is 2.03. The Kier molecular flexibility index (Phi) is 5.26. The topological polar surface area (TPSA) is 64.1 Å². The maximum absolute atomic E-state index is 12.2. The summed E-state index contributed by atoms with van der Waals surface area (Å²) in [4.78, 5) is 21.2. The molecule has 1 aliphatic rings. The van der Waals surface area contributed by atoms with E-state index in [1.165, 1.54) is 7.11 Å². The summed E-state index contributed by atoms with van der Waals surface area (Å²) >= 11 is 6.51. The molecule has 142 valence electrons. The molecule has 1 N–H and O–H groups in total. The molecule has 0 saturated heterocycles. The Balaban J connectivity index is 1.78. The van der Waals surface area contributed by atoms with Crippen molar-refractivity contribution in [1.82, 2.24) is 9.97 Å². The first-order valence-corrected chi connectivity index (χ1v) is 9.57. The quantitative estimate of drug-likeness (QED) is 0.597. The van der Waals surface area contributed by atoms with Gasteiger partial charge in [0.25, 0.3) is 0 Å². The molecule has 1 fully saturated rings. The Hall–Kier alpha value is -2.92. The Labute approximate surface area is 168 Å². The highest BCUT2D eigenvalue weighted by atomic mass is 35.5. The summed E-state index contributed by atoms with van der Waals surface area (Å²) in [7, 11) is 1.32. The van der Waals surface area contributed by atoms with Gasteiger partial charge >= 0.3 is 5.97 Å². The number of hydrogen-bond acceptors (Lipinski definition) is 5. The Morgan fingerprint density at radius 1 is 1.04 bits per heavy atom. The standard InChI is InChI=1S/C22H20ClN3O2/c1-28-22(27)19-17(23)21(26-20(25-19)16-12-13-16)24-18(14-8-4-2-5-9-14)15-10-6-3-7-11-15/h2-11,16,18H,12-13H2,1H3,(H,24,25,26). The number of esters is 1. The van der Waals surface area contributed by atoms with Gasteiger partial charge in [-0.3, -0.25) is 0 Å². The Morgan fingerprint density at radius 2 is 1.61 bits per heavy atom. The first-order valence-electron chi connectivity index (χ1n) is 9.19. The number of nitrogens with zero attached hydrogens (tertiary/aromatic N) is 2. The van der Waals surface area contributed by atoms with Crippen LogP contribution >= 0.6 is 11.6 Å². The second kappa shape index (κ2) is 7.98. The summed E-state index contributed by atoms with van der Waals surface area (Å²) in [5, 5.41) is 3.61. The van der Waals surface area contributed by atoms with Gasteiger partial charge in [0.15, 0.2) is 5.69 Å².